The lowest BCUT2D eigenvalue weighted by Gasteiger charge is -2.12. The third-order valence-electron chi connectivity index (χ3n) is 3.47. The van der Waals surface area contributed by atoms with Gasteiger partial charge in [0.25, 0.3) is 5.91 Å². The van der Waals surface area contributed by atoms with Crippen LogP contribution < -0.4 is 5.32 Å². The summed E-state index contributed by atoms with van der Waals surface area (Å²) >= 11 is 1.12. The van der Waals surface area contributed by atoms with Gasteiger partial charge in [0.2, 0.25) is 0 Å². The average molecular weight is 351 g/mol. The van der Waals surface area contributed by atoms with Crippen molar-refractivity contribution in [1.29, 1.82) is 0 Å². The molecule has 0 saturated carbocycles. The SMILES string of the molecule is C/C=C/CC(NC(=O)c1sc2cccc(F)c2c1COC)C(=O)O. The van der Waals surface area contributed by atoms with Gasteiger partial charge >= 0.3 is 5.97 Å². The number of allylic oxidation sites excluding steroid dienone is 1. The molecule has 2 N–H and O–H groups in total. The molecule has 1 atom stereocenters. The van der Waals surface area contributed by atoms with Crippen molar-refractivity contribution in [2.75, 3.05) is 7.11 Å². The quantitative estimate of drug-likeness (QED) is 0.750. The molecule has 1 amide bonds. The van der Waals surface area contributed by atoms with Gasteiger partial charge < -0.3 is 15.2 Å². The average Bonchev–Trinajstić information content (AvgIpc) is 2.91. The van der Waals surface area contributed by atoms with Gasteiger partial charge in [0.05, 0.1) is 11.5 Å². The molecule has 0 aliphatic rings. The summed E-state index contributed by atoms with van der Waals surface area (Å²) in [5, 5.41) is 12.1. The molecule has 0 spiro atoms. The van der Waals surface area contributed by atoms with E-state index >= 15 is 0 Å². The van der Waals surface area contributed by atoms with Crippen molar-refractivity contribution in [2.45, 2.75) is 26.0 Å². The zero-order valence-corrected chi connectivity index (χ0v) is 14.2. The van der Waals surface area contributed by atoms with E-state index in [2.05, 4.69) is 5.32 Å². The molecule has 1 aromatic heterocycles. The lowest BCUT2D eigenvalue weighted by molar-refractivity contribution is -0.139. The molecule has 7 heteroatoms. The van der Waals surface area contributed by atoms with E-state index < -0.39 is 23.7 Å². The molecule has 1 aromatic carbocycles. The maximum atomic E-state index is 14.1. The first kappa shape index (κ1) is 18.1. The van der Waals surface area contributed by atoms with Crippen LogP contribution in [-0.4, -0.2) is 30.1 Å². The summed E-state index contributed by atoms with van der Waals surface area (Å²) in [4.78, 5) is 24.1. The number of ether oxygens (including phenoxy) is 1. The summed E-state index contributed by atoms with van der Waals surface area (Å²) < 4.78 is 19.8. The molecule has 1 heterocycles. The summed E-state index contributed by atoms with van der Waals surface area (Å²) in [6.07, 6.45) is 3.56. The number of aliphatic carboxylic acids is 1. The van der Waals surface area contributed by atoms with Gasteiger partial charge in [-0.1, -0.05) is 18.2 Å². The number of hydrogen-bond donors (Lipinski definition) is 2. The summed E-state index contributed by atoms with van der Waals surface area (Å²) in [5.41, 5.74) is 0.434. The second-order valence-corrected chi connectivity index (χ2v) is 6.18. The number of nitrogens with one attached hydrogen (secondary N) is 1. The molecule has 0 bridgehead atoms. The fraction of sp³-hybridized carbons (Fsp3) is 0.294. The van der Waals surface area contributed by atoms with Crippen molar-refractivity contribution in [1.82, 2.24) is 5.32 Å². The van der Waals surface area contributed by atoms with Crippen LogP contribution in [-0.2, 0) is 16.1 Å². The zero-order chi connectivity index (χ0) is 17.7. The molecule has 5 nitrogen and oxygen atoms in total. The van der Waals surface area contributed by atoms with Crippen LogP contribution >= 0.6 is 11.3 Å². The minimum Gasteiger partial charge on any atom is -0.480 e. The molecule has 128 valence electrons. The number of rotatable bonds is 7. The topological polar surface area (TPSA) is 75.6 Å². The molecular formula is C17H18FNO4S. The first-order valence-corrected chi connectivity index (χ1v) is 8.14. The Morgan fingerprint density at radius 3 is 2.83 bits per heavy atom. The van der Waals surface area contributed by atoms with Crippen LogP contribution in [0.2, 0.25) is 0 Å². The van der Waals surface area contributed by atoms with E-state index in [4.69, 9.17) is 4.74 Å². The van der Waals surface area contributed by atoms with Crippen LogP contribution in [0.3, 0.4) is 0 Å². The number of carbonyl (C=O) groups is 2. The van der Waals surface area contributed by atoms with Gasteiger partial charge in [-0.3, -0.25) is 4.79 Å². The van der Waals surface area contributed by atoms with Crippen LogP contribution in [0, 0.1) is 5.82 Å². The second-order valence-electron chi connectivity index (χ2n) is 5.12. The van der Waals surface area contributed by atoms with Crippen molar-refractivity contribution in [3.63, 3.8) is 0 Å². The van der Waals surface area contributed by atoms with Gasteiger partial charge in [-0.05, 0) is 25.5 Å². The van der Waals surface area contributed by atoms with Crippen molar-refractivity contribution in [2.24, 2.45) is 0 Å². The number of thiophene rings is 1. The lowest BCUT2D eigenvalue weighted by Crippen LogP contribution is -2.40. The molecule has 0 aliphatic heterocycles. The molecule has 0 fully saturated rings. The van der Waals surface area contributed by atoms with E-state index in [-0.39, 0.29) is 17.9 Å². The van der Waals surface area contributed by atoms with Crippen LogP contribution in [0.25, 0.3) is 10.1 Å². The van der Waals surface area contributed by atoms with Gasteiger partial charge in [0.1, 0.15) is 11.9 Å². The number of halogens is 1. The molecule has 0 aliphatic carbocycles. The van der Waals surface area contributed by atoms with Gasteiger partial charge in [-0.2, -0.15) is 0 Å². The monoisotopic (exact) mass is 351 g/mol. The predicted octanol–water partition coefficient (Wildman–Crippen LogP) is 3.34. The minimum absolute atomic E-state index is 0.0658. The van der Waals surface area contributed by atoms with E-state index in [0.29, 0.717) is 15.6 Å². The number of fused-ring (bicyclic) bond motifs is 1. The highest BCUT2D eigenvalue weighted by Gasteiger charge is 2.24. The Kier molecular flexibility index (Phi) is 6.05. The number of carbonyl (C=O) groups excluding carboxylic acids is 1. The van der Waals surface area contributed by atoms with Crippen molar-refractivity contribution >= 4 is 33.3 Å². The van der Waals surface area contributed by atoms with E-state index in [1.54, 1.807) is 31.2 Å². The molecule has 2 rings (SSSR count). The number of benzene rings is 1. The Hall–Kier alpha value is -2.25. The highest BCUT2D eigenvalue weighted by atomic mass is 32.1. The van der Waals surface area contributed by atoms with Crippen LogP contribution in [0.1, 0.15) is 28.6 Å². The van der Waals surface area contributed by atoms with E-state index in [1.807, 2.05) is 0 Å². The normalized spacial score (nSPS) is 12.6. The number of carboxylic acid groups (broad SMARTS) is 1. The Morgan fingerprint density at radius 2 is 2.21 bits per heavy atom. The Morgan fingerprint density at radius 1 is 1.46 bits per heavy atom. The first-order chi connectivity index (χ1) is 11.5. The number of methoxy groups -OCH3 is 1. The highest BCUT2D eigenvalue weighted by molar-refractivity contribution is 7.21. The largest absolute Gasteiger partial charge is 0.480 e. The smallest absolute Gasteiger partial charge is 0.326 e. The molecule has 0 radical (unpaired) electrons. The van der Waals surface area contributed by atoms with Crippen LogP contribution in [0.5, 0.6) is 0 Å². The molecule has 24 heavy (non-hydrogen) atoms. The minimum atomic E-state index is -1.12. The Bertz CT molecular complexity index is 784. The third-order valence-corrected chi connectivity index (χ3v) is 4.67. The number of carboxylic acids is 1. The summed E-state index contributed by atoms with van der Waals surface area (Å²) in [6.45, 7) is 1.84. The molecule has 0 saturated heterocycles. The summed E-state index contributed by atoms with van der Waals surface area (Å²) in [7, 11) is 1.46. The van der Waals surface area contributed by atoms with Gasteiger partial charge in [0.15, 0.2) is 0 Å². The van der Waals surface area contributed by atoms with Gasteiger partial charge in [-0.25, -0.2) is 9.18 Å². The molecule has 2 aromatic rings. The third kappa shape index (κ3) is 3.80. The van der Waals surface area contributed by atoms with Crippen molar-refractivity contribution < 1.29 is 23.8 Å². The number of amides is 1. The van der Waals surface area contributed by atoms with E-state index in [9.17, 15) is 19.1 Å². The van der Waals surface area contributed by atoms with Crippen molar-refractivity contribution in [3.05, 3.63) is 46.6 Å². The standard InChI is InChI=1S/C17H18FNO4S/c1-3-4-7-12(17(21)22)19-16(20)15-10(9-23-2)14-11(18)6-5-8-13(14)24-15/h3-6,8,12H,7,9H2,1-2H3,(H,19,20)(H,21,22)/b4-3+. The van der Waals surface area contributed by atoms with Crippen molar-refractivity contribution in [3.8, 4) is 0 Å². The lowest BCUT2D eigenvalue weighted by atomic mass is 10.1. The fourth-order valence-corrected chi connectivity index (χ4v) is 3.48. The van der Waals surface area contributed by atoms with Crippen LogP contribution in [0.4, 0.5) is 4.39 Å². The van der Waals surface area contributed by atoms with Gasteiger partial charge in [0, 0.05) is 22.8 Å². The van der Waals surface area contributed by atoms with Crippen LogP contribution in [0.15, 0.2) is 30.4 Å². The molecular weight excluding hydrogens is 333 g/mol. The zero-order valence-electron chi connectivity index (χ0n) is 13.3. The van der Waals surface area contributed by atoms with Gasteiger partial charge in [-0.15, -0.1) is 11.3 Å². The maximum absolute atomic E-state index is 14.1. The highest BCUT2D eigenvalue weighted by Crippen LogP contribution is 2.33. The summed E-state index contributed by atoms with van der Waals surface area (Å²) in [5.74, 6) is -2.10. The first-order valence-electron chi connectivity index (χ1n) is 7.33. The predicted molar refractivity (Wildman–Crippen MR) is 90.8 cm³/mol. The Labute approximate surface area is 142 Å². The number of hydrogen-bond acceptors (Lipinski definition) is 4. The summed E-state index contributed by atoms with van der Waals surface area (Å²) in [6, 6.07) is 3.56. The fourth-order valence-electron chi connectivity index (χ4n) is 2.35. The Balaban J connectivity index is 2.39. The van der Waals surface area contributed by atoms with E-state index in [1.165, 1.54) is 13.2 Å². The molecule has 1 unspecified atom stereocenters. The second kappa shape index (κ2) is 8.03. The maximum Gasteiger partial charge on any atom is 0.326 e. The van der Waals surface area contributed by atoms with E-state index in [0.717, 1.165) is 11.3 Å².